The first-order valence-corrected chi connectivity index (χ1v) is 5.33. The molecule has 15 heavy (non-hydrogen) atoms. The lowest BCUT2D eigenvalue weighted by molar-refractivity contribution is -0.146. The van der Waals surface area contributed by atoms with Crippen LogP contribution in [-0.4, -0.2) is 58.5 Å². The van der Waals surface area contributed by atoms with Gasteiger partial charge in [-0.25, -0.2) is 0 Å². The molecule has 0 radical (unpaired) electrons. The van der Waals surface area contributed by atoms with E-state index in [2.05, 4.69) is 0 Å². The Morgan fingerprint density at radius 1 is 1.33 bits per heavy atom. The van der Waals surface area contributed by atoms with Gasteiger partial charge in [0.15, 0.2) is 0 Å². The molecule has 0 aromatic rings. The van der Waals surface area contributed by atoms with Crippen molar-refractivity contribution in [2.24, 2.45) is 0 Å². The summed E-state index contributed by atoms with van der Waals surface area (Å²) >= 11 is 0. The molecule has 0 aliphatic carbocycles. The molecule has 0 aromatic heterocycles. The molecule has 0 aromatic carbocycles. The number of carboxylic acids is 1. The number of hydrogen-bond donors (Lipinski definition) is 1. The van der Waals surface area contributed by atoms with Crippen molar-refractivity contribution in [1.82, 2.24) is 9.80 Å². The van der Waals surface area contributed by atoms with E-state index in [0.717, 1.165) is 19.4 Å². The lowest BCUT2D eigenvalue weighted by Crippen LogP contribution is -2.62. The summed E-state index contributed by atoms with van der Waals surface area (Å²) in [6.07, 6.45) is 1.69. The zero-order valence-corrected chi connectivity index (χ0v) is 8.85. The van der Waals surface area contributed by atoms with Crippen LogP contribution in [0.1, 0.15) is 19.8 Å². The molecule has 2 aliphatic heterocycles. The van der Waals surface area contributed by atoms with Crippen molar-refractivity contribution in [2.75, 3.05) is 19.6 Å². The van der Waals surface area contributed by atoms with E-state index in [1.54, 1.807) is 11.8 Å². The highest BCUT2D eigenvalue weighted by molar-refractivity contribution is 5.75. The maximum atomic E-state index is 11.0. The number of hydrogen-bond acceptors (Lipinski definition) is 3. The van der Waals surface area contributed by atoms with Crippen LogP contribution in [-0.2, 0) is 9.59 Å². The lowest BCUT2D eigenvalue weighted by atomic mass is 10.1. The summed E-state index contributed by atoms with van der Waals surface area (Å²) in [6, 6.07) is -0.0680. The summed E-state index contributed by atoms with van der Waals surface area (Å²) in [5.41, 5.74) is 0. The first-order valence-electron chi connectivity index (χ1n) is 5.33. The molecule has 0 bridgehead atoms. The average Bonchev–Trinajstić information content (AvgIpc) is 2.48. The van der Waals surface area contributed by atoms with Crippen LogP contribution in [0.2, 0.25) is 0 Å². The van der Waals surface area contributed by atoms with E-state index >= 15 is 0 Å². The second-order valence-electron chi connectivity index (χ2n) is 4.31. The topological polar surface area (TPSA) is 60.9 Å². The van der Waals surface area contributed by atoms with Gasteiger partial charge < -0.3 is 10.0 Å². The molecule has 5 heteroatoms. The Hall–Kier alpha value is -1.10. The second-order valence-corrected chi connectivity index (χ2v) is 4.31. The molecule has 0 unspecified atom stereocenters. The zero-order chi connectivity index (χ0) is 11.0. The Morgan fingerprint density at radius 2 is 2.00 bits per heavy atom. The predicted molar refractivity (Wildman–Crippen MR) is 53.4 cm³/mol. The fourth-order valence-electron chi connectivity index (χ4n) is 2.41. The van der Waals surface area contributed by atoms with E-state index in [9.17, 15) is 9.59 Å². The highest BCUT2D eigenvalue weighted by Crippen LogP contribution is 2.25. The fraction of sp³-hybridized carbons (Fsp3) is 0.800. The summed E-state index contributed by atoms with van der Waals surface area (Å²) in [7, 11) is 0. The van der Waals surface area contributed by atoms with Gasteiger partial charge in [-0.15, -0.1) is 0 Å². The molecule has 5 nitrogen and oxygen atoms in total. The number of amides is 1. The molecule has 1 atom stereocenters. The molecule has 1 N–H and O–H groups in total. The zero-order valence-electron chi connectivity index (χ0n) is 8.85. The minimum Gasteiger partial charge on any atom is -0.480 e. The Morgan fingerprint density at radius 3 is 2.53 bits per heavy atom. The average molecular weight is 212 g/mol. The predicted octanol–water partition coefficient (Wildman–Crippen LogP) is -0.234. The first-order chi connectivity index (χ1) is 7.09. The van der Waals surface area contributed by atoms with Crippen molar-refractivity contribution in [2.45, 2.75) is 31.8 Å². The van der Waals surface area contributed by atoms with E-state index in [0.29, 0.717) is 13.1 Å². The second kappa shape index (κ2) is 3.81. The van der Waals surface area contributed by atoms with Crippen molar-refractivity contribution in [3.8, 4) is 0 Å². The Labute approximate surface area is 88.6 Å². The van der Waals surface area contributed by atoms with Gasteiger partial charge in [0.1, 0.15) is 6.04 Å². The lowest BCUT2D eigenvalue weighted by Gasteiger charge is -2.44. The molecule has 2 rings (SSSR count). The number of likely N-dealkylation sites (tertiary alicyclic amines) is 2. The third-order valence-electron chi connectivity index (χ3n) is 3.36. The standard InChI is InChI=1S/C10H16N2O3/c1-7(13)11-5-8(6-11)12-4-2-3-9(12)10(14)15/h8-9H,2-6H2,1H3,(H,14,15)/t9-/m0/s1. The minimum atomic E-state index is -0.728. The normalized spacial score (nSPS) is 27.8. The molecule has 84 valence electrons. The van der Waals surface area contributed by atoms with Crippen molar-refractivity contribution in [3.05, 3.63) is 0 Å². The van der Waals surface area contributed by atoms with E-state index in [1.165, 1.54) is 0 Å². The molecule has 0 saturated carbocycles. The van der Waals surface area contributed by atoms with Crippen molar-refractivity contribution in [3.63, 3.8) is 0 Å². The summed E-state index contributed by atoms with van der Waals surface area (Å²) in [6.45, 7) is 3.79. The smallest absolute Gasteiger partial charge is 0.320 e. The summed E-state index contributed by atoms with van der Waals surface area (Å²) in [5, 5.41) is 9.01. The number of carbonyl (C=O) groups is 2. The quantitative estimate of drug-likeness (QED) is 0.686. The monoisotopic (exact) mass is 212 g/mol. The third kappa shape index (κ3) is 1.84. The Bertz CT molecular complexity index is 286. The van der Waals surface area contributed by atoms with Gasteiger partial charge in [0, 0.05) is 26.1 Å². The van der Waals surface area contributed by atoms with E-state index < -0.39 is 5.97 Å². The van der Waals surface area contributed by atoms with Gasteiger partial charge in [-0.3, -0.25) is 14.5 Å². The fourth-order valence-corrected chi connectivity index (χ4v) is 2.41. The van der Waals surface area contributed by atoms with Gasteiger partial charge in [-0.2, -0.15) is 0 Å². The van der Waals surface area contributed by atoms with Crippen molar-refractivity contribution < 1.29 is 14.7 Å². The van der Waals surface area contributed by atoms with Crippen LogP contribution in [0.5, 0.6) is 0 Å². The molecule has 1 amide bonds. The van der Waals surface area contributed by atoms with Crippen LogP contribution >= 0.6 is 0 Å². The van der Waals surface area contributed by atoms with Crippen LogP contribution in [0.15, 0.2) is 0 Å². The van der Waals surface area contributed by atoms with Gasteiger partial charge in [0.2, 0.25) is 5.91 Å². The molecule has 0 spiro atoms. The number of nitrogens with zero attached hydrogens (tertiary/aromatic N) is 2. The molecule has 2 saturated heterocycles. The van der Waals surface area contributed by atoms with Crippen LogP contribution in [0, 0.1) is 0 Å². The number of aliphatic carboxylic acids is 1. The van der Waals surface area contributed by atoms with E-state index in [-0.39, 0.29) is 18.0 Å². The number of rotatable bonds is 2. The van der Waals surface area contributed by atoms with Crippen molar-refractivity contribution >= 4 is 11.9 Å². The third-order valence-corrected chi connectivity index (χ3v) is 3.36. The summed E-state index contributed by atoms with van der Waals surface area (Å²) < 4.78 is 0. The largest absolute Gasteiger partial charge is 0.480 e. The molecule has 2 fully saturated rings. The van der Waals surface area contributed by atoms with Gasteiger partial charge in [0.25, 0.3) is 0 Å². The van der Waals surface area contributed by atoms with E-state index in [4.69, 9.17) is 5.11 Å². The molecular formula is C10H16N2O3. The summed E-state index contributed by atoms with van der Waals surface area (Å²) in [4.78, 5) is 25.7. The minimum absolute atomic E-state index is 0.0809. The Kier molecular flexibility index (Phi) is 2.65. The van der Waals surface area contributed by atoms with Crippen LogP contribution in [0.25, 0.3) is 0 Å². The van der Waals surface area contributed by atoms with E-state index in [1.807, 2.05) is 4.90 Å². The molecule has 2 aliphatic rings. The van der Waals surface area contributed by atoms with Gasteiger partial charge in [0.05, 0.1) is 0 Å². The maximum absolute atomic E-state index is 11.0. The number of carbonyl (C=O) groups excluding carboxylic acids is 1. The Balaban J connectivity index is 1.90. The molecular weight excluding hydrogens is 196 g/mol. The SMILES string of the molecule is CC(=O)N1CC(N2CCC[C@H]2C(=O)O)C1. The van der Waals surface area contributed by atoms with Gasteiger partial charge in [-0.05, 0) is 19.4 Å². The van der Waals surface area contributed by atoms with Gasteiger partial charge in [-0.1, -0.05) is 0 Å². The first kappa shape index (κ1) is 10.4. The maximum Gasteiger partial charge on any atom is 0.320 e. The van der Waals surface area contributed by atoms with Crippen LogP contribution in [0.3, 0.4) is 0 Å². The molecule has 2 heterocycles. The number of carboxylic acid groups (broad SMARTS) is 1. The highest BCUT2D eigenvalue weighted by Gasteiger charge is 2.41. The van der Waals surface area contributed by atoms with Crippen LogP contribution < -0.4 is 0 Å². The highest BCUT2D eigenvalue weighted by atomic mass is 16.4. The van der Waals surface area contributed by atoms with Crippen molar-refractivity contribution in [1.29, 1.82) is 0 Å². The summed E-state index contributed by atoms with van der Waals surface area (Å²) in [5.74, 6) is -0.647. The van der Waals surface area contributed by atoms with Crippen LogP contribution in [0.4, 0.5) is 0 Å². The van der Waals surface area contributed by atoms with Gasteiger partial charge >= 0.3 is 5.97 Å².